The first kappa shape index (κ1) is 21.9. The van der Waals surface area contributed by atoms with Crippen LogP contribution < -0.4 is 15.4 Å². The van der Waals surface area contributed by atoms with Crippen molar-refractivity contribution >= 4 is 27.4 Å². The molecule has 0 radical (unpaired) electrons. The zero-order valence-corrected chi connectivity index (χ0v) is 17.0. The number of benzene rings is 2. The van der Waals surface area contributed by atoms with Gasteiger partial charge in [-0.3, -0.25) is 0 Å². The Kier molecular flexibility index (Phi) is 6.85. The average Bonchev–Trinajstić information content (AvgIpc) is 2.68. The first-order chi connectivity index (χ1) is 14.2. The number of urea groups is 1. The molecule has 2 N–H and O–H groups in total. The van der Waals surface area contributed by atoms with Crippen LogP contribution in [0, 0.1) is 0 Å². The van der Waals surface area contributed by atoms with E-state index in [2.05, 4.69) is 20.3 Å². The number of nitrogens with one attached hydrogen (secondary N) is 2. The van der Waals surface area contributed by atoms with Crippen molar-refractivity contribution in [3.05, 3.63) is 48.5 Å². The zero-order valence-electron chi connectivity index (χ0n) is 16.2. The lowest BCUT2D eigenvalue weighted by atomic mass is 10.3. The van der Waals surface area contributed by atoms with Gasteiger partial charge in [-0.2, -0.15) is 13.1 Å². The maximum Gasteiger partial charge on any atom is 0.387 e. The van der Waals surface area contributed by atoms with Crippen molar-refractivity contribution in [3.8, 4) is 5.75 Å². The fraction of sp³-hybridized carbons (Fsp3) is 0.316. The molecule has 2 aromatic rings. The first-order valence-electron chi connectivity index (χ1n) is 9.16. The van der Waals surface area contributed by atoms with Crippen LogP contribution >= 0.6 is 0 Å². The Balaban J connectivity index is 1.61. The SMILES string of the molecule is CN1CCN(S(=O)(=O)c2ccc(NC(=O)Nc3cccc(OC(F)F)c3)cc2)CC1. The number of likely N-dealkylation sites (N-methyl/N-ethyl adjacent to an activating group) is 1. The van der Waals surface area contributed by atoms with E-state index in [4.69, 9.17) is 0 Å². The lowest BCUT2D eigenvalue weighted by Crippen LogP contribution is -2.46. The predicted octanol–water partition coefficient (Wildman–Crippen LogP) is 2.87. The van der Waals surface area contributed by atoms with Gasteiger partial charge >= 0.3 is 12.6 Å². The molecule has 1 saturated heterocycles. The van der Waals surface area contributed by atoms with E-state index in [1.54, 1.807) is 0 Å². The second kappa shape index (κ2) is 9.37. The van der Waals surface area contributed by atoms with Crippen molar-refractivity contribution in [2.24, 2.45) is 0 Å². The number of hydrogen-bond acceptors (Lipinski definition) is 5. The van der Waals surface area contributed by atoms with E-state index in [-0.39, 0.29) is 16.3 Å². The lowest BCUT2D eigenvalue weighted by molar-refractivity contribution is -0.0498. The number of carbonyl (C=O) groups is 1. The topological polar surface area (TPSA) is 91.0 Å². The van der Waals surface area contributed by atoms with Crippen molar-refractivity contribution in [2.45, 2.75) is 11.5 Å². The third-order valence-electron chi connectivity index (χ3n) is 4.53. The van der Waals surface area contributed by atoms with Gasteiger partial charge in [-0.1, -0.05) is 6.07 Å². The summed E-state index contributed by atoms with van der Waals surface area (Å²) in [6.07, 6.45) is 0. The van der Waals surface area contributed by atoms with Crippen molar-refractivity contribution in [2.75, 3.05) is 43.9 Å². The Bertz CT molecular complexity index is 978. The molecule has 11 heteroatoms. The van der Waals surface area contributed by atoms with E-state index in [1.807, 2.05) is 7.05 Å². The molecule has 3 rings (SSSR count). The summed E-state index contributed by atoms with van der Waals surface area (Å²) >= 11 is 0. The molecule has 162 valence electrons. The number of hydrogen-bond donors (Lipinski definition) is 2. The quantitative estimate of drug-likeness (QED) is 0.721. The summed E-state index contributed by atoms with van der Waals surface area (Å²) in [5.41, 5.74) is 0.643. The number of ether oxygens (including phenoxy) is 1. The Morgan fingerprint density at radius 2 is 1.63 bits per heavy atom. The number of halogens is 2. The van der Waals surface area contributed by atoms with Crippen LogP contribution in [0.4, 0.5) is 25.0 Å². The van der Waals surface area contributed by atoms with Crippen LogP contribution in [0.5, 0.6) is 5.75 Å². The Labute approximate surface area is 173 Å². The van der Waals surface area contributed by atoms with E-state index in [0.717, 1.165) is 0 Å². The highest BCUT2D eigenvalue weighted by Crippen LogP contribution is 2.21. The summed E-state index contributed by atoms with van der Waals surface area (Å²) < 4.78 is 55.7. The minimum Gasteiger partial charge on any atom is -0.435 e. The number of alkyl halides is 2. The summed E-state index contributed by atoms with van der Waals surface area (Å²) in [4.78, 5) is 14.3. The maximum atomic E-state index is 12.7. The van der Waals surface area contributed by atoms with Gasteiger partial charge < -0.3 is 20.3 Å². The van der Waals surface area contributed by atoms with E-state index >= 15 is 0 Å². The van der Waals surface area contributed by atoms with Crippen LogP contribution in [0.25, 0.3) is 0 Å². The monoisotopic (exact) mass is 440 g/mol. The first-order valence-corrected chi connectivity index (χ1v) is 10.6. The molecule has 0 unspecified atom stereocenters. The number of amides is 2. The summed E-state index contributed by atoms with van der Waals surface area (Å²) in [6, 6.07) is 10.8. The van der Waals surface area contributed by atoms with Crippen LogP contribution in [0.3, 0.4) is 0 Å². The summed E-state index contributed by atoms with van der Waals surface area (Å²) in [6.45, 7) is -0.772. The molecule has 0 saturated carbocycles. The number of carbonyl (C=O) groups excluding carboxylic acids is 1. The van der Waals surface area contributed by atoms with Crippen LogP contribution in [-0.2, 0) is 10.0 Å². The van der Waals surface area contributed by atoms with Gasteiger partial charge in [0, 0.05) is 43.6 Å². The molecule has 8 nitrogen and oxygen atoms in total. The van der Waals surface area contributed by atoms with E-state index in [0.29, 0.717) is 31.9 Å². The maximum absolute atomic E-state index is 12.7. The largest absolute Gasteiger partial charge is 0.435 e. The minimum atomic E-state index is -3.59. The van der Waals surface area contributed by atoms with Crippen molar-refractivity contribution in [1.82, 2.24) is 9.21 Å². The molecule has 1 aliphatic heterocycles. The lowest BCUT2D eigenvalue weighted by Gasteiger charge is -2.31. The molecule has 0 aliphatic carbocycles. The van der Waals surface area contributed by atoms with Crippen molar-refractivity contribution in [3.63, 3.8) is 0 Å². The van der Waals surface area contributed by atoms with Crippen LogP contribution in [0.15, 0.2) is 53.4 Å². The number of piperazine rings is 1. The summed E-state index contributed by atoms with van der Waals surface area (Å²) in [5.74, 6) is -0.0822. The standard InChI is InChI=1S/C19H22F2N4O4S/c1-24-9-11-25(12-10-24)30(27,28)17-7-5-14(6-8-17)22-19(26)23-15-3-2-4-16(13-15)29-18(20)21/h2-8,13,18H,9-12H2,1H3,(H2,22,23,26). The summed E-state index contributed by atoms with van der Waals surface area (Å²) in [7, 11) is -1.65. The predicted molar refractivity (Wildman–Crippen MR) is 108 cm³/mol. The highest BCUT2D eigenvalue weighted by molar-refractivity contribution is 7.89. The van der Waals surface area contributed by atoms with Gasteiger partial charge in [0.25, 0.3) is 0 Å². The molecule has 1 fully saturated rings. The highest BCUT2D eigenvalue weighted by atomic mass is 32.2. The van der Waals surface area contributed by atoms with Gasteiger partial charge in [0.1, 0.15) is 5.75 Å². The van der Waals surface area contributed by atoms with Crippen molar-refractivity contribution < 1.29 is 26.7 Å². The molecule has 0 bridgehead atoms. The molecule has 30 heavy (non-hydrogen) atoms. The van der Waals surface area contributed by atoms with Crippen LogP contribution in [0.2, 0.25) is 0 Å². The van der Waals surface area contributed by atoms with Gasteiger partial charge in [-0.15, -0.1) is 0 Å². The minimum absolute atomic E-state index is 0.0822. The number of nitrogens with zero attached hydrogens (tertiary/aromatic N) is 2. The van der Waals surface area contributed by atoms with Crippen molar-refractivity contribution in [1.29, 1.82) is 0 Å². The Hall–Kier alpha value is -2.76. The van der Waals surface area contributed by atoms with Crippen LogP contribution in [0.1, 0.15) is 0 Å². The molecule has 1 aliphatic rings. The zero-order chi connectivity index (χ0) is 21.7. The fourth-order valence-electron chi connectivity index (χ4n) is 2.93. The van der Waals surface area contributed by atoms with Gasteiger partial charge in [0.05, 0.1) is 4.90 Å². The van der Waals surface area contributed by atoms with E-state index in [9.17, 15) is 22.0 Å². The molecule has 1 heterocycles. The molecule has 0 aromatic heterocycles. The number of anilines is 2. The second-order valence-corrected chi connectivity index (χ2v) is 8.66. The molecular weight excluding hydrogens is 418 g/mol. The second-order valence-electron chi connectivity index (χ2n) is 6.72. The third kappa shape index (κ3) is 5.65. The molecular formula is C19H22F2N4O4S. The van der Waals surface area contributed by atoms with E-state index in [1.165, 1.54) is 52.8 Å². The fourth-order valence-corrected chi connectivity index (χ4v) is 4.35. The van der Waals surface area contributed by atoms with Gasteiger partial charge in [-0.25, -0.2) is 13.2 Å². The summed E-state index contributed by atoms with van der Waals surface area (Å²) in [5, 5.41) is 5.06. The highest BCUT2D eigenvalue weighted by Gasteiger charge is 2.27. The number of sulfonamides is 1. The molecule has 2 amide bonds. The molecule has 0 spiro atoms. The Morgan fingerprint density at radius 3 is 2.27 bits per heavy atom. The third-order valence-corrected chi connectivity index (χ3v) is 6.44. The smallest absolute Gasteiger partial charge is 0.387 e. The number of rotatable bonds is 6. The normalized spacial score (nSPS) is 15.7. The molecule has 2 aromatic carbocycles. The molecule has 0 atom stereocenters. The van der Waals surface area contributed by atoms with E-state index < -0.39 is 22.7 Å². The average molecular weight is 440 g/mol. The van der Waals surface area contributed by atoms with Gasteiger partial charge in [-0.05, 0) is 43.4 Å². The van der Waals surface area contributed by atoms with Gasteiger partial charge in [0.2, 0.25) is 10.0 Å². The Morgan fingerprint density at radius 1 is 1.00 bits per heavy atom. The van der Waals surface area contributed by atoms with Crippen LogP contribution in [-0.4, -0.2) is 63.5 Å². The van der Waals surface area contributed by atoms with Gasteiger partial charge in [0.15, 0.2) is 0 Å².